The van der Waals surface area contributed by atoms with E-state index in [9.17, 15) is 4.79 Å². The summed E-state index contributed by atoms with van der Waals surface area (Å²) < 4.78 is 0. The predicted molar refractivity (Wildman–Crippen MR) is 84.9 cm³/mol. The average molecular weight is 283 g/mol. The molecular formula is C17H21N3O. The summed E-state index contributed by atoms with van der Waals surface area (Å²) in [5.74, 6) is -0.270. The highest BCUT2D eigenvalue weighted by Crippen LogP contribution is 2.28. The van der Waals surface area contributed by atoms with Gasteiger partial charge in [-0.1, -0.05) is 42.5 Å². The van der Waals surface area contributed by atoms with Crippen molar-refractivity contribution in [2.75, 3.05) is 26.2 Å². The minimum absolute atomic E-state index is 0.270. The molecule has 2 aromatic rings. The SMILES string of the molecule is NC(=O)C(c1cccc2ccccc12)N1CCCNCC1. The number of rotatable bonds is 3. The Labute approximate surface area is 124 Å². The van der Waals surface area contributed by atoms with Crippen molar-refractivity contribution in [2.24, 2.45) is 5.73 Å². The minimum Gasteiger partial charge on any atom is -0.368 e. The molecule has 3 N–H and O–H groups in total. The van der Waals surface area contributed by atoms with Crippen LogP contribution in [-0.4, -0.2) is 37.0 Å². The molecule has 1 amide bonds. The lowest BCUT2D eigenvalue weighted by Crippen LogP contribution is -2.39. The highest BCUT2D eigenvalue weighted by molar-refractivity contribution is 5.92. The molecule has 0 bridgehead atoms. The summed E-state index contributed by atoms with van der Waals surface area (Å²) in [5, 5.41) is 5.63. The Morgan fingerprint density at radius 2 is 1.90 bits per heavy atom. The van der Waals surface area contributed by atoms with Gasteiger partial charge >= 0.3 is 0 Å². The van der Waals surface area contributed by atoms with Gasteiger partial charge in [0.2, 0.25) is 5.91 Å². The minimum atomic E-state index is -0.351. The molecule has 1 fully saturated rings. The third kappa shape index (κ3) is 2.91. The summed E-state index contributed by atoms with van der Waals surface area (Å²) in [6.07, 6.45) is 1.04. The highest BCUT2D eigenvalue weighted by atomic mass is 16.1. The molecular weight excluding hydrogens is 262 g/mol. The van der Waals surface area contributed by atoms with E-state index in [0.717, 1.165) is 48.9 Å². The molecule has 1 saturated heterocycles. The lowest BCUT2D eigenvalue weighted by molar-refractivity contribution is -0.123. The second-order valence-corrected chi connectivity index (χ2v) is 5.51. The number of nitrogens with zero attached hydrogens (tertiary/aromatic N) is 1. The summed E-state index contributed by atoms with van der Waals surface area (Å²) in [4.78, 5) is 14.3. The maximum atomic E-state index is 12.1. The van der Waals surface area contributed by atoms with Crippen LogP contribution in [0, 0.1) is 0 Å². The van der Waals surface area contributed by atoms with Crippen molar-refractivity contribution in [1.82, 2.24) is 10.2 Å². The van der Waals surface area contributed by atoms with Crippen LogP contribution in [0.3, 0.4) is 0 Å². The molecule has 0 aliphatic carbocycles. The number of carbonyl (C=O) groups excluding carboxylic acids is 1. The number of benzene rings is 2. The number of carbonyl (C=O) groups is 1. The van der Waals surface area contributed by atoms with Gasteiger partial charge in [-0.25, -0.2) is 0 Å². The van der Waals surface area contributed by atoms with E-state index < -0.39 is 0 Å². The first kappa shape index (κ1) is 14.0. The van der Waals surface area contributed by atoms with Crippen LogP contribution in [0.15, 0.2) is 42.5 Å². The van der Waals surface area contributed by atoms with Gasteiger partial charge in [-0.3, -0.25) is 9.69 Å². The molecule has 0 spiro atoms. The number of nitrogens with two attached hydrogens (primary N) is 1. The fourth-order valence-corrected chi connectivity index (χ4v) is 3.14. The van der Waals surface area contributed by atoms with E-state index in [1.807, 2.05) is 24.3 Å². The van der Waals surface area contributed by atoms with Gasteiger partial charge in [-0.05, 0) is 29.3 Å². The van der Waals surface area contributed by atoms with Crippen molar-refractivity contribution in [3.05, 3.63) is 48.0 Å². The molecule has 1 aliphatic heterocycles. The average Bonchev–Trinajstić information content (AvgIpc) is 2.77. The summed E-state index contributed by atoms with van der Waals surface area (Å²) in [7, 11) is 0. The van der Waals surface area contributed by atoms with Crippen molar-refractivity contribution in [1.29, 1.82) is 0 Å². The summed E-state index contributed by atoms with van der Waals surface area (Å²) in [6.45, 7) is 3.63. The molecule has 21 heavy (non-hydrogen) atoms. The number of primary amides is 1. The molecule has 3 rings (SSSR count). The van der Waals surface area contributed by atoms with Gasteiger partial charge in [-0.15, -0.1) is 0 Å². The standard InChI is InChI=1S/C17H21N3O/c18-17(21)16(20-11-4-9-19-10-12-20)15-8-3-6-13-5-1-2-7-14(13)15/h1-3,5-8,16,19H,4,9-12H2,(H2,18,21). The molecule has 4 heteroatoms. The lowest BCUT2D eigenvalue weighted by atomic mass is 9.97. The first-order chi connectivity index (χ1) is 10.3. The van der Waals surface area contributed by atoms with Crippen molar-refractivity contribution < 1.29 is 4.79 Å². The third-order valence-electron chi connectivity index (χ3n) is 4.13. The summed E-state index contributed by atoms with van der Waals surface area (Å²) >= 11 is 0. The fraction of sp³-hybridized carbons (Fsp3) is 0.353. The van der Waals surface area contributed by atoms with Gasteiger partial charge in [0.25, 0.3) is 0 Å². The Kier molecular flexibility index (Phi) is 4.18. The topological polar surface area (TPSA) is 58.4 Å². The Morgan fingerprint density at radius 1 is 1.10 bits per heavy atom. The van der Waals surface area contributed by atoms with E-state index >= 15 is 0 Å². The molecule has 0 saturated carbocycles. The number of fused-ring (bicyclic) bond motifs is 1. The van der Waals surface area contributed by atoms with Crippen molar-refractivity contribution in [2.45, 2.75) is 12.5 Å². The molecule has 0 radical (unpaired) electrons. The molecule has 0 aromatic heterocycles. The van der Waals surface area contributed by atoms with Crippen molar-refractivity contribution in [3.63, 3.8) is 0 Å². The predicted octanol–water partition coefficient (Wildman–Crippen LogP) is 1.66. The van der Waals surface area contributed by atoms with E-state index in [1.54, 1.807) is 0 Å². The summed E-state index contributed by atoms with van der Waals surface area (Å²) in [6, 6.07) is 13.9. The second kappa shape index (κ2) is 6.24. The molecule has 1 heterocycles. The number of nitrogens with one attached hydrogen (secondary N) is 1. The zero-order valence-electron chi connectivity index (χ0n) is 12.1. The largest absolute Gasteiger partial charge is 0.368 e. The Morgan fingerprint density at radius 3 is 2.76 bits per heavy atom. The number of amides is 1. The highest BCUT2D eigenvalue weighted by Gasteiger charge is 2.27. The van der Waals surface area contributed by atoms with Crippen molar-refractivity contribution >= 4 is 16.7 Å². The quantitative estimate of drug-likeness (QED) is 0.900. The van der Waals surface area contributed by atoms with Gasteiger partial charge in [0.15, 0.2) is 0 Å². The van der Waals surface area contributed by atoms with Crippen LogP contribution >= 0.6 is 0 Å². The van der Waals surface area contributed by atoms with Crippen LogP contribution in [0.5, 0.6) is 0 Å². The maximum absolute atomic E-state index is 12.1. The normalized spacial score (nSPS) is 18.3. The van der Waals surface area contributed by atoms with E-state index in [1.165, 1.54) is 0 Å². The van der Waals surface area contributed by atoms with Crippen LogP contribution < -0.4 is 11.1 Å². The molecule has 1 atom stereocenters. The Balaban J connectivity index is 2.05. The zero-order valence-corrected chi connectivity index (χ0v) is 12.1. The molecule has 1 aliphatic rings. The first-order valence-electron chi connectivity index (χ1n) is 7.49. The smallest absolute Gasteiger partial charge is 0.239 e. The molecule has 110 valence electrons. The van der Waals surface area contributed by atoms with Crippen LogP contribution in [-0.2, 0) is 4.79 Å². The van der Waals surface area contributed by atoms with E-state index in [-0.39, 0.29) is 11.9 Å². The van der Waals surface area contributed by atoms with Gasteiger partial charge in [0.1, 0.15) is 6.04 Å². The second-order valence-electron chi connectivity index (χ2n) is 5.51. The molecule has 1 unspecified atom stereocenters. The molecule has 2 aromatic carbocycles. The van der Waals surface area contributed by atoms with Crippen molar-refractivity contribution in [3.8, 4) is 0 Å². The van der Waals surface area contributed by atoms with Gasteiger partial charge in [0.05, 0.1) is 0 Å². The van der Waals surface area contributed by atoms with E-state index in [0.29, 0.717) is 0 Å². The van der Waals surface area contributed by atoms with Crippen LogP contribution in [0.2, 0.25) is 0 Å². The number of hydrogen-bond donors (Lipinski definition) is 2. The molecule has 4 nitrogen and oxygen atoms in total. The van der Waals surface area contributed by atoms with Crippen LogP contribution in [0.4, 0.5) is 0 Å². The monoisotopic (exact) mass is 283 g/mol. The van der Waals surface area contributed by atoms with Crippen LogP contribution in [0.1, 0.15) is 18.0 Å². The Bertz CT molecular complexity index is 627. The van der Waals surface area contributed by atoms with Gasteiger partial charge in [-0.2, -0.15) is 0 Å². The van der Waals surface area contributed by atoms with E-state index in [4.69, 9.17) is 5.73 Å². The summed E-state index contributed by atoms with van der Waals surface area (Å²) in [5.41, 5.74) is 6.76. The third-order valence-corrected chi connectivity index (χ3v) is 4.13. The van der Waals surface area contributed by atoms with E-state index in [2.05, 4.69) is 28.4 Å². The van der Waals surface area contributed by atoms with Gasteiger partial charge < -0.3 is 11.1 Å². The first-order valence-corrected chi connectivity index (χ1v) is 7.49. The van der Waals surface area contributed by atoms with Gasteiger partial charge in [0, 0.05) is 19.6 Å². The fourth-order valence-electron chi connectivity index (χ4n) is 3.14. The maximum Gasteiger partial charge on any atom is 0.239 e. The Hall–Kier alpha value is -1.91. The van der Waals surface area contributed by atoms with Crippen LogP contribution in [0.25, 0.3) is 10.8 Å². The zero-order chi connectivity index (χ0) is 14.7. The lowest BCUT2D eigenvalue weighted by Gasteiger charge is -2.29. The number of hydrogen-bond acceptors (Lipinski definition) is 3.